The molecule has 1 rings (SSSR count). The summed E-state index contributed by atoms with van der Waals surface area (Å²) < 4.78 is 35.7. The summed E-state index contributed by atoms with van der Waals surface area (Å²) >= 11 is 0. The summed E-state index contributed by atoms with van der Waals surface area (Å²) in [4.78, 5) is 4.01. The normalized spacial score (nSPS) is 15.2. The van der Waals surface area contributed by atoms with Crippen molar-refractivity contribution in [3.63, 3.8) is 0 Å². The predicted octanol–water partition coefficient (Wildman–Crippen LogP) is 2.00. The van der Waals surface area contributed by atoms with Gasteiger partial charge in [-0.05, 0) is 31.4 Å². The van der Waals surface area contributed by atoms with E-state index in [0.29, 0.717) is 25.0 Å². The van der Waals surface area contributed by atoms with E-state index >= 15 is 0 Å². The Hall–Kier alpha value is -1.01. The number of sulfone groups is 1. The van der Waals surface area contributed by atoms with Crippen molar-refractivity contribution in [2.45, 2.75) is 38.6 Å². The van der Waals surface area contributed by atoms with Crippen molar-refractivity contribution in [2.75, 3.05) is 11.5 Å². The first-order valence-electron chi connectivity index (χ1n) is 6.44. The van der Waals surface area contributed by atoms with Crippen LogP contribution in [0.4, 0.5) is 4.39 Å². The molecule has 108 valence electrons. The molecule has 19 heavy (non-hydrogen) atoms. The summed E-state index contributed by atoms with van der Waals surface area (Å²) in [5.41, 5.74) is 6.16. The highest BCUT2D eigenvalue weighted by Crippen LogP contribution is 2.26. The lowest BCUT2D eigenvalue weighted by Gasteiger charge is -2.27. The number of hydrogen-bond acceptors (Lipinski definition) is 4. The van der Waals surface area contributed by atoms with Crippen molar-refractivity contribution in [2.24, 2.45) is 5.73 Å². The molecule has 0 saturated heterocycles. The summed E-state index contributed by atoms with van der Waals surface area (Å²) in [6.07, 6.45) is 2.76. The van der Waals surface area contributed by atoms with E-state index in [2.05, 4.69) is 4.98 Å². The molecule has 0 saturated carbocycles. The number of nitrogens with two attached hydrogens (primary N) is 1. The average Bonchev–Trinajstić information content (AvgIpc) is 2.39. The Morgan fingerprint density at radius 1 is 1.37 bits per heavy atom. The van der Waals surface area contributed by atoms with Gasteiger partial charge < -0.3 is 5.73 Å². The predicted molar refractivity (Wildman–Crippen MR) is 73.9 cm³/mol. The molecule has 1 unspecified atom stereocenters. The summed E-state index contributed by atoms with van der Waals surface area (Å²) in [5.74, 6) is -0.134. The first kappa shape index (κ1) is 16.0. The number of nitrogens with zero attached hydrogens (tertiary/aromatic N) is 1. The van der Waals surface area contributed by atoms with Crippen LogP contribution in [0.3, 0.4) is 0 Å². The minimum atomic E-state index is -2.98. The van der Waals surface area contributed by atoms with Gasteiger partial charge in [0.05, 0.1) is 23.2 Å². The zero-order valence-corrected chi connectivity index (χ0v) is 12.2. The van der Waals surface area contributed by atoms with Gasteiger partial charge in [-0.3, -0.25) is 4.98 Å². The van der Waals surface area contributed by atoms with E-state index in [1.54, 1.807) is 13.0 Å². The third kappa shape index (κ3) is 4.54. The number of hydrogen-bond donors (Lipinski definition) is 1. The van der Waals surface area contributed by atoms with Crippen LogP contribution in [0.1, 0.15) is 38.8 Å². The smallest absolute Gasteiger partial charge is 0.150 e. The second kappa shape index (κ2) is 6.43. The zero-order chi connectivity index (χ0) is 14.5. The van der Waals surface area contributed by atoms with Crippen molar-refractivity contribution in [3.8, 4) is 0 Å². The molecule has 6 heteroatoms. The molecule has 1 aromatic rings. The summed E-state index contributed by atoms with van der Waals surface area (Å²) in [6, 6.07) is 2.88. The molecule has 0 aliphatic heterocycles. The van der Waals surface area contributed by atoms with Gasteiger partial charge in [0.2, 0.25) is 0 Å². The lowest BCUT2D eigenvalue weighted by molar-refractivity contribution is 0.377. The van der Waals surface area contributed by atoms with E-state index in [-0.39, 0.29) is 11.5 Å². The SMILES string of the molecule is CCC(N)(CCCS(=O)(=O)CC)c1ccc(F)cn1. The standard InChI is InChI=1S/C13H21FN2O2S/c1-3-13(15,8-5-9-19(17,18)4-2)12-7-6-11(14)10-16-12/h6-7,10H,3-5,8-9,15H2,1-2H3. The van der Waals surface area contributed by atoms with E-state index < -0.39 is 21.2 Å². The van der Waals surface area contributed by atoms with Gasteiger partial charge >= 0.3 is 0 Å². The third-order valence-corrected chi connectivity index (χ3v) is 5.18. The quantitative estimate of drug-likeness (QED) is 0.833. The van der Waals surface area contributed by atoms with E-state index in [1.165, 1.54) is 6.07 Å². The summed E-state index contributed by atoms with van der Waals surface area (Å²) in [5, 5.41) is 0. The van der Waals surface area contributed by atoms with Gasteiger partial charge in [-0.1, -0.05) is 13.8 Å². The molecule has 2 N–H and O–H groups in total. The Labute approximate surface area is 114 Å². The number of halogens is 1. The second-order valence-corrected chi connectivity index (χ2v) is 7.18. The van der Waals surface area contributed by atoms with Gasteiger partial charge in [0, 0.05) is 5.75 Å². The highest BCUT2D eigenvalue weighted by molar-refractivity contribution is 7.91. The highest BCUT2D eigenvalue weighted by Gasteiger charge is 2.27. The molecule has 0 aliphatic rings. The Balaban J connectivity index is 2.73. The van der Waals surface area contributed by atoms with Crippen molar-refractivity contribution in [1.82, 2.24) is 4.98 Å². The molecule has 0 radical (unpaired) electrons. The number of rotatable bonds is 7. The molecule has 1 heterocycles. The van der Waals surface area contributed by atoms with Crippen LogP contribution in [-0.2, 0) is 15.4 Å². The molecular weight excluding hydrogens is 267 g/mol. The van der Waals surface area contributed by atoms with Crippen LogP contribution < -0.4 is 5.73 Å². The maximum atomic E-state index is 12.9. The van der Waals surface area contributed by atoms with Crippen LogP contribution in [0.25, 0.3) is 0 Å². The van der Waals surface area contributed by atoms with E-state index in [9.17, 15) is 12.8 Å². The molecule has 0 amide bonds. The summed E-state index contributed by atoms with van der Waals surface area (Å²) in [7, 11) is -2.98. The van der Waals surface area contributed by atoms with Crippen molar-refractivity contribution in [1.29, 1.82) is 0 Å². The van der Waals surface area contributed by atoms with Crippen molar-refractivity contribution < 1.29 is 12.8 Å². The molecule has 1 aromatic heterocycles. The van der Waals surface area contributed by atoms with Gasteiger partial charge in [-0.2, -0.15) is 0 Å². The fourth-order valence-electron chi connectivity index (χ4n) is 1.91. The zero-order valence-electron chi connectivity index (χ0n) is 11.4. The van der Waals surface area contributed by atoms with Gasteiger partial charge in [-0.25, -0.2) is 12.8 Å². The lowest BCUT2D eigenvalue weighted by Crippen LogP contribution is -2.37. The number of aromatic nitrogens is 1. The molecule has 0 spiro atoms. The lowest BCUT2D eigenvalue weighted by atomic mass is 9.88. The average molecular weight is 288 g/mol. The van der Waals surface area contributed by atoms with Crippen LogP contribution in [-0.4, -0.2) is 24.9 Å². The highest BCUT2D eigenvalue weighted by atomic mass is 32.2. The molecule has 4 nitrogen and oxygen atoms in total. The molecule has 1 atom stereocenters. The van der Waals surface area contributed by atoms with Gasteiger partial charge in [0.1, 0.15) is 15.7 Å². The van der Waals surface area contributed by atoms with E-state index in [1.807, 2.05) is 6.92 Å². The van der Waals surface area contributed by atoms with Gasteiger partial charge in [-0.15, -0.1) is 0 Å². The first-order chi connectivity index (χ1) is 8.83. The molecule has 0 aliphatic carbocycles. The van der Waals surface area contributed by atoms with Gasteiger partial charge in [0.25, 0.3) is 0 Å². The van der Waals surface area contributed by atoms with E-state index in [0.717, 1.165) is 6.20 Å². The van der Waals surface area contributed by atoms with E-state index in [4.69, 9.17) is 5.73 Å². The van der Waals surface area contributed by atoms with Crippen LogP contribution in [0.2, 0.25) is 0 Å². The van der Waals surface area contributed by atoms with Crippen LogP contribution >= 0.6 is 0 Å². The Morgan fingerprint density at radius 2 is 2.05 bits per heavy atom. The largest absolute Gasteiger partial charge is 0.320 e. The Bertz CT molecular complexity index is 502. The van der Waals surface area contributed by atoms with Gasteiger partial charge in [0.15, 0.2) is 0 Å². The third-order valence-electron chi connectivity index (χ3n) is 3.39. The fraction of sp³-hybridized carbons (Fsp3) is 0.615. The molecule has 0 fully saturated rings. The molecule has 0 bridgehead atoms. The maximum Gasteiger partial charge on any atom is 0.150 e. The minimum Gasteiger partial charge on any atom is -0.320 e. The Kier molecular flexibility index (Phi) is 5.43. The Morgan fingerprint density at radius 3 is 2.53 bits per heavy atom. The van der Waals surface area contributed by atoms with Crippen molar-refractivity contribution in [3.05, 3.63) is 29.8 Å². The maximum absolute atomic E-state index is 12.9. The van der Waals surface area contributed by atoms with Crippen molar-refractivity contribution >= 4 is 9.84 Å². The first-order valence-corrected chi connectivity index (χ1v) is 8.26. The fourth-order valence-corrected chi connectivity index (χ4v) is 2.78. The van der Waals surface area contributed by atoms with Crippen LogP contribution in [0.15, 0.2) is 18.3 Å². The molecule has 0 aromatic carbocycles. The second-order valence-electron chi connectivity index (χ2n) is 4.71. The monoisotopic (exact) mass is 288 g/mol. The summed E-state index contributed by atoms with van der Waals surface area (Å²) in [6.45, 7) is 3.55. The number of pyridine rings is 1. The van der Waals surface area contributed by atoms with Crippen LogP contribution in [0.5, 0.6) is 0 Å². The van der Waals surface area contributed by atoms with Crippen LogP contribution in [0, 0.1) is 5.82 Å². The molecular formula is C13H21FN2O2S. The topological polar surface area (TPSA) is 73.1 Å². The minimum absolute atomic E-state index is 0.129.